The van der Waals surface area contributed by atoms with Gasteiger partial charge in [-0.05, 0) is 67.4 Å². The predicted molar refractivity (Wildman–Crippen MR) is 162 cm³/mol. The van der Waals surface area contributed by atoms with Crippen molar-refractivity contribution >= 4 is 46.5 Å². The van der Waals surface area contributed by atoms with Crippen molar-refractivity contribution in [2.45, 2.75) is 31.3 Å². The van der Waals surface area contributed by atoms with Gasteiger partial charge in [0.05, 0.1) is 12.0 Å². The van der Waals surface area contributed by atoms with Gasteiger partial charge in [-0.25, -0.2) is 0 Å². The Bertz CT molecular complexity index is 1780. The SMILES string of the molecule is Cc1ccc(C(=O)[C@@H]2[C@H](C(=O)c3ccc(Cl)cc3)N3c4ccc(C)cc4C=C[C@@H]3[C@@]23C(=O)Nc2ccccc23)cc1. The van der Waals surface area contributed by atoms with Gasteiger partial charge in [-0.15, -0.1) is 0 Å². The van der Waals surface area contributed by atoms with E-state index in [9.17, 15) is 14.4 Å². The lowest BCUT2D eigenvalue weighted by atomic mass is 9.64. The summed E-state index contributed by atoms with van der Waals surface area (Å²) in [5.41, 5.74) is 4.85. The van der Waals surface area contributed by atoms with Crippen LogP contribution in [-0.2, 0) is 10.2 Å². The maximum absolute atomic E-state index is 14.8. The summed E-state index contributed by atoms with van der Waals surface area (Å²) < 4.78 is 0. The van der Waals surface area contributed by atoms with Crippen molar-refractivity contribution < 1.29 is 14.4 Å². The van der Waals surface area contributed by atoms with Crippen LogP contribution in [0.25, 0.3) is 6.08 Å². The molecule has 3 aliphatic heterocycles. The van der Waals surface area contributed by atoms with Crippen molar-refractivity contribution in [1.29, 1.82) is 0 Å². The third-order valence-corrected chi connectivity index (χ3v) is 9.06. The fourth-order valence-corrected chi connectivity index (χ4v) is 7.11. The first-order valence-electron chi connectivity index (χ1n) is 13.7. The number of aryl methyl sites for hydroxylation is 2. The van der Waals surface area contributed by atoms with Gasteiger partial charge in [-0.2, -0.15) is 0 Å². The van der Waals surface area contributed by atoms with E-state index in [1.165, 1.54) is 0 Å². The average molecular weight is 559 g/mol. The number of amides is 1. The van der Waals surface area contributed by atoms with Gasteiger partial charge in [0.2, 0.25) is 5.91 Å². The summed E-state index contributed by atoms with van der Waals surface area (Å²) >= 11 is 6.18. The van der Waals surface area contributed by atoms with Crippen molar-refractivity contribution in [3.05, 3.63) is 135 Å². The van der Waals surface area contributed by atoms with Crippen LogP contribution in [0.1, 0.15) is 43.0 Å². The minimum atomic E-state index is -1.33. The molecule has 4 aromatic carbocycles. The lowest BCUT2D eigenvalue weighted by Gasteiger charge is -2.37. The predicted octanol–water partition coefficient (Wildman–Crippen LogP) is 6.81. The number of ketones is 2. The lowest BCUT2D eigenvalue weighted by molar-refractivity contribution is -0.121. The Morgan fingerprint density at radius 2 is 1.49 bits per heavy atom. The number of hydrogen-bond donors (Lipinski definition) is 1. The first kappa shape index (κ1) is 25.5. The van der Waals surface area contributed by atoms with Crippen molar-refractivity contribution in [3.8, 4) is 0 Å². The Labute approximate surface area is 243 Å². The van der Waals surface area contributed by atoms with Crippen LogP contribution in [-0.4, -0.2) is 29.6 Å². The molecule has 7 rings (SSSR count). The van der Waals surface area contributed by atoms with Crippen molar-refractivity contribution in [2.75, 3.05) is 10.2 Å². The second-order valence-electron chi connectivity index (χ2n) is 11.2. The number of benzene rings is 4. The monoisotopic (exact) mass is 558 g/mol. The van der Waals surface area contributed by atoms with E-state index in [-0.39, 0.29) is 17.5 Å². The molecule has 0 radical (unpaired) electrons. The van der Waals surface area contributed by atoms with Gasteiger partial charge in [0.15, 0.2) is 11.6 Å². The number of nitrogens with zero attached hydrogens (tertiary/aromatic N) is 1. The van der Waals surface area contributed by atoms with Gasteiger partial charge < -0.3 is 10.2 Å². The fraction of sp³-hybridized carbons (Fsp3) is 0.171. The molecular formula is C35H27ClN2O3. The van der Waals surface area contributed by atoms with Crippen LogP contribution in [0.5, 0.6) is 0 Å². The number of Topliss-reactive ketones (excluding diaryl/α,β-unsaturated/α-hetero) is 2. The second-order valence-corrected chi connectivity index (χ2v) is 11.6. The van der Waals surface area contributed by atoms with E-state index in [1.54, 1.807) is 36.4 Å². The zero-order valence-corrected chi connectivity index (χ0v) is 23.4. The van der Waals surface area contributed by atoms with Gasteiger partial charge in [-0.1, -0.05) is 83.4 Å². The number of hydrogen-bond acceptors (Lipinski definition) is 4. The fourth-order valence-electron chi connectivity index (χ4n) is 6.98. The highest BCUT2D eigenvalue weighted by atomic mass is 35.5. The highest BCUT2D eigenvalue weighted by Crippen LogP contribution is 2.58. The highest BCUT2D eigenvalue weighted by molar-refractivity contribution is 6.30. The molecule has 0 aromatic heterocycles. The Hall–Kier alpha value is -4.48. The van der Waals surface area contributed by atoms with Crippen LogP contribution < -0.4 is 10.2 Å². The number of para-hydroxylation sites is 1. The number of carbonyl (C=O) groups excluding carboxylic acids is 3. The molecule has 0 aliphatic carbocycles. The van der Waals surface area contributed by atoms with Crippen molar-refractivity contribution in [1.82, 2.24) is 0 Å². The number of anilines is 2. The van der Waals surface area contributed by atoms with Gasteiger partial charge in [-0.3, -0.25) is 14.4 Å². The molecule has 6 heteroatoms. The maximum atomic E-state index is 14.8. The van der Waals surface area contributed by atoms with Crippen LogP contribution in [0, 0.1) is 19.8 Å². The van der Waals surface area contributed by atoms with Crippen molar-refractivity contribution in [2.24, 2.45) is 5.92 Å². The molecule has 0 bridgehead atoms. The average Bonchev–Trinajstić information content (AvgIpc) is 3.45. The Kier molecular flexibility index (Phi) is 5.77. The van der Waals surface area contributed by atoms with Gasteiger partial charge in [0.1, 0.15) is 11.5 Å². The molecule has 1 saturated heterocycles. The van der Waals surface area contributed by atoms with E-state index in [2.05, 4.69) is 11.4 Å². The molecule has 41 heavy (non-hydrogen) atoms. The van der Waals surface area contributed by atoms with E-state index in [0.29, 0.717) is 21.8 Å². The molecule has 1 spiro atoms. The third kappa shape index (κ3) is 3.65. The minimum absolute atomic E-state index is 0.229. The summed E-state index contributed by atoms with van der Waals surface area (Å²) in [5.74, 6) is -1.74. The Balaban J connectivity index is 1.53. The molecule has 3 aliphatic rings. The normalized spacial score (nSPS) is 23.6. The minimum Gasteiger partial charge on any atom is -0.352 e. The molecule has 1 N–H and O–H groups in total. The summed E-state index contributed by atoms with van der Waals surface area (Å²) in [7, 11) is 0. The van der Waals surface area contributed by atoms with E-state index in [4.69, 9.17) is 11.6 Å². The summed E-state index contributed by atoms with van der Waals surface area (Å²) in [5, 5.41) is 3.58. The standard InChI is InChI=1S/C35H27ClN2O3/c1-20-7-10-22(11-8-20)32(39)30-31(33(40)23-12-15-25(36)16-13-23)38-28-17-9-21(2)19-24(28)14-18-29(38)35(30)26-5-3-4-6-27(26)37-34(35)41/h3-19,29-31H,1-2H3,(H,37,41)/t29-,30+,31-,35-/m1/s1. The summed E-state index contributed by atoms with van der Waals surface area (Å²) in [6.45, 7) is 3.98. The summed E-state index contributed by atoms with van der Waals surface area (Å²) in [6, 6.07) is 26.2. The smallest absolute Gasteiger partial charge is 0.238 e. The van der Waals surface area contributed by atoms with E-state index in [0.717, 1.165) is 27.9 Å². The molecule has 0 saturated carbocycles. The molecular weight excluding hydrogens is 532 g/mol. The molecule has 202 valence electrons. The summed E-state index contributed by atoms with van der Waals surface area (Å²) in [6.07, 6.45) is 4.01. The maximum Gasteiger partial charge on any atom is 0.238 e. The van der Waals surface area contributed by atoms with Crippen LogP contribution >= 0.6 is 11.6 Å². The van der Waals surface area contributed by atoms with Gasteiger partial charge in [0, 0.05) is 27.5 Å². The van der Waals surface area contributed by atoms with Crippen LogP contribution in [0.15, 0.2) is 97.1 Å². The molecule has 4 aromatic rings. The zero-order chi connectivity index (χ0) is 28.5. The quantitative estimate of drug-likeness (QED) is 0.279. The number of fused-ring (bicyclic) bond motifs is 6. The van der Waals surface area contributed by atoms with E-state index in [1.807, 2.05) is 79.4 Å². The van der Waals surface area contributed by atoms with Gasteiger partial charge in [0.25, 0.3) is 0 Å². The first-order chi connectivity index (χ1) is 19.8. The second kappa shape index (κ2) is 9.28. The molecule has 3 heterocycles. The first-order valence-corrected chi connectivity index (χ1v) is 14.1. The molecule has 1 amide bonds. The molecule has 1 fully saturated rings. The van der Waals surface area contributed by atoms with Crippen molar-refractivity contribution in [3.63, 3.8) is 0 Å². The third-order valence-electron chi connectivity index (χ3n) is 8.80. The molecule has 5 nitrogen and oxygen atoms in total. The van der Waals surface area contributed by atoms with E-state index < -0.39 is 23.4 Å². The Morgan fingerprint density at radius 1 is 0.829 bits per heavy atom. The lowest BCUT2D eigenvalue weighted by Crippen LogP contribution is -2.51. The molecule has 0 unspecified atom stereocenters. The van der Waals surface area contributed by atoms with Crippen LogP contribution in [0.3, 0.4) is 0 Å². The molecule has 4 atom stereocenters. The van der Waals surface area contributed by atoms with E-state index >= 15 is 0 Å². The van der Waals surface area contributed by atoms with Crippen LogP contribution in [0.2, 0.25) is 5.02 Å². The zero-order valence-electron chi connectivity index (χ0n) is 22.6. The number of carbonyl (C=O) groups is 3. The number of halogens is 1. The van der Waals surface area contributed by atoms with Gasteiger partial charge >= 0.3 is 0 Å². The topological polar surface area (TPSA) is 66.5 Å². The number of nitrogens with one attached hydrogen (secondary N) is 1. The van der Waals surface area contributed by atoms with Crippen LogP contribution in [0.4, 0.5) is 11.4 Å². The summed E-state index contributed by atoms with van der Waals surface area (Å²) in [4.78, 5) is 45.8. The largest absolute Gasteiger partial charge is 0.352 e. The number of rotatable bonds is 4. The Morgan fingerprint density at radius 3 is 2.24 bits per heavy atom. The highest BCUT2D eigenvalue weighted by Gasteiger charge is 2.70.